The van der Waals surface area contributed by atoms with E-state index >= 15 is 0 Å². The van der Waals surface area contributed by atoms with E-state index in [1.54, 1.807) is 39.9 Å². The Kier molecular flexibility index (Phi) is 3.41. The Balaban J connectivity index is 1.72. The van der Waals surface area contributed by atoms with Crippen LogP contribution < -0.4 is 0 Å². The fraction of sp³-hybridized carbons (Fsp3) is 0. The van der Waals surface area contributed by atoms with E-state index in [-0.39, 0.29) is 0 Å². The lowest BCUT2D eigenvalue weighted by Crippen LogP contribution is -1.98. The maximum atomic E-state index is 6.29. The monoisotopic (exact) mass is 380 g/mol. The van der Waals surface area contributed by atoms with Crippen molar-refractivity contribution in [2.24, 2.45) is 0 Å². The lowest BCUT2D eigenvalue weighted by Gasteiger charge is -2.01. The molecule has 2 aromatic carbocycles. The van der Waals surface area contributed by atoms with E-state index in [2.05, 4.69) is 20.2 Å². The van der Waals surface area contributed by atoms with Crippen LogP contribution in [-0.2, 0) is 0 Å². The maximum absolute atomic E-state index is 6.29. The molecule has 0 amide bonds. The predicted octanol–water partition coefficient (Wildman–Crippen LogP) is 4.44. The summed E-state index contributed by atoms with van der Waals surface area (Å²) < 4.78 is 3.40. The standard InChI is InChI=1S/C18H10Cl2N6/c19-11-6-7-13(15(20)8-11)16-23-18-14-9-22-26(12-4-2-1-3-5-12)17(14)21-10-25(18)24-16/h1-10H. The van der Waals surface area contributed by atoms with Crippen molar-refractivity contribution < 1.29 is 0 Å². The lowest BCUT2D eigenvalue weighted by atomic mass is 10.2. The van der Waals surface area contributed by atoms with Gasteiger partial charge < -0.3 is 0 Å². The van der Waals surface area contributed by atoms with E-state index in [9.17, 15) is 0 Å². The van der Waals surface area contributed by atoms with Gasteiger partial charge in [0.2, 0.25) is 0 Å². The van der Waals surface area contributed by atoms with Gasteiger partial charge in [-0.25, -0.2) is 19.2 Å². The molecule has 0 aliphatic carbocycles. The van der Waals surface area contributed by atoms with Gasteiger partial charge in [-0.1, -0.05) is 41.4 Å². The third kappa shape index (κ3) is 2.34. The molecule has 0 fully saturated rings. The average Bonchev–Trinajstić information content (AvgIpc) is 3.26. The zero-order valence-corrected chi connectivity index (χ0v) is 14.7. The van der Waals surface area contributed by atoms with Crippen LogP contribution in [0.3, 0.4) is 0 Å². The Morgan fingerprint density at radius 2 is 1.77 bits per heavy atom. The van der Waals surface area contributed by atoms with Crippen molar-refractivity contribution in [2.75, 3.05) is 0 Å². The van der Waals surface area contributed by atoms with Crippen LogP contribution in [0.25, 0.3) is 33.8 Å². The molecular weight excluding hydrogens is 371 g/mol. The molecule has 3 aromatic heterocycles. The van der Waals surface area contributed by atoms with Gasteiger partial charge in [0.25, 0.3) is 0 Å². The van der Waals surface area contributed by atoms with E-state index < -0.39 is 0 Å². The maximum Gasteiger partial charge on any atom is 0.183 e. The first kappa shape index (κ1) is 15.3. The zero-order chi connectivity index (χ0) is 17.7. The van der Waals surface area contributed by atoms with Gasteiger partial charge in [0, 0.05) is 10.6 Å². The summed E-state index contributed by atoms with van der Waals surface area (Å²) in [7, 11) is 0. The Hall–Kier alpha value is -2.96. The minimum absolute atomic E-state index is 0.498. The number of halogens is 2. The molecule has 0 saturated heterocycles. The average molecular weight is 381 g/mol. The lowest BCUT2D eigenvalue weighted by molar-refractivity contribution is 0.882. The molecule has 0 saturated carbocycles. The largest absolute Gasteiger partial charge is 0.216 e. The minimum atomic E-state index is 0.498. The number of hydrogen-bond donors (Lipinski definition) is 0. The highest BCUT2D eigenvalue weighted by Gasteiger charge is 2.15. The Bertz CT molecular complexity index is 1260. The van der Waals surface area contributed by atoms with Crippen molar-refractivity contribution in [1.82, 2.24) is 29.4 Å². The summed E-state index contributed by atoms with van der Waals surface area (Å²) in [5.74, 6) is 0.508. The smallest absolute Gasteiger partial charge is 0.183 e. The second-order valence-electron chi connectivity index (χ2n) is 5.70. The first-order chi connectivity index (χ1) is 12.7. The third-order valence-electron chi connectivity index (χ3n) is 4.08. The van der Waals surface area contributed by atoms with E-state index in [4.69, 9.17) is 23.2 Å². The fourth-order valence-electron chi connectivity index (χ4n) is 2.86. The summed E-state index contributed by atoms with van der Waals surface area (Å²) in [6, 6.07) is 15.1. The highest BCUT2D eigenvalue weighted by molar-refractivity contribution is 6.36. The van der Waals surface area contributed by atoms with Gasteiger partial charge >= 0.3 is 0 Å². The van der Waals surface area contributed by atoms with Crippen LogP contribution in [0.5, 0.6) is 0 Å². The molecule has 26 heavy (non-hydrogen) atoms. The number of nitrogens with zero attached hydrogens (tertiary/aromatic N) is 6. The van der Waals surface area contributed by atoms with Crippen LogP contribution in [0.1, 0.15) is 0 Å². The van der Waals surface area contributed by atoms with Crippen molar-refractivity contribution in [3.63, 3.8) is 0 Å². The van der Waals surface area contributed by atoms with Crippen LogP contribution in [0.4, 0.5) is 0 Å². The SMILES string of the molecule is Clc1ccc(-c2nc3c4cnn(-c5ccccc5)c4ncn3n2)c(Cl)c1. The molecule has 5 rings (SSSR count). The van der Waals surface area contributed by atoms with Crippen molar-refractivity contribution in [1.29, 1.82) is 0 Å². The molecule has 0 spiro atoms. The van der Waals surface area contributed by atoms with E-state index in [0.29, 0.717) is 32.7 Å². The van der Waals surface area contributed by atoms with Gasteiger partial charge in [-0.05, 0) is 30.3 Å². The summed E-state index contributed by atoms with van der Waals surface area (Å²) in [5.41, 5.74) is 3.02. The van der Waals surface area contributed by atoms with Gasteiger partial charge in [-0.15, -0.1) is 5.10 Å². The molecule has 0 aliphatic heterocycles. The van der Waals surface area contributed by atoms with E-state index in [1.165, 1.54) is 0 Å². The second-order valence-corrected chi connectivity index (χ2v) is 6.55. The number of para-hydroxylation sites is 1. The Morgan fingerprint density at radius 1 is 0.923 bits per heavy atom. The molecular formula is C18H10Cl2N6. The molecule has 0 aliphatic rings. The van der Waals surface area contributed by atoms with Crippen LogP contribution in [0.15, 0.2) is 61.1 Å². The highest BCUT2D eigenvalue weighted by atomic mass is 35.5. The second kappa shape index (κ2) is 5.79. The topological polar surface area (TPSA) is 60.9 Å². The van der Waals surface area contributed by atoms with Crippen LogP contribution in [0, 0.1) is 0 Å². The number of fused-ring (bicyclic) bond motifs is 3. The predicted molar refractivity (Wildman–Crippen MR) is 101 cm³/mol. The number of aromatic nitrogens is 6. The molecule has 126 valence electrons. The first-order valence-electron chi connectivity index (χ1n) is 7.81. The van der Waals surface area contributed by atoms with Crippen molar-refractivity contribution in [2.45, 2.75) is 0 Å². The van der Waals surface area contributed by atoms with Crippen molar-refractivity contribution >= 4 is 39.9 Å². The quantitative estimate of drug-likeness (QED) is 0.454. The molecule has 8 heteroatoms. The first-order valence-corrected chi connectivity index (χ1v) is 8.56. The van der Waals surface area contributed by atoms with Crippen molar-refractivity contribution in [3.05, 3.63) is 71.1 Å². The molecule has 0 N–H and O–H groups in total. The van der Waals surface area contributed by atoms with E-state index in [0.717, 1.165) is 11.1 Å². The van der Waals surface area contributed by atoms with Gasteiger partial charge in [0.05, 0.1) is 22.3 Å². The molecule has 0 radical (unpaired) electrons. The van der Waals surface area contributed by atoms with Gasteiger partial charge in [0.1, 0.15) is 6.33 Å². The minimum Gasteiger partial charge on any atom is -0.216 e. The fourth-order valence-corrected chi connectivity index (χ4v) is 3.36. The summed E-state index contributed by atoms with van der Waals surface area (Å²) >= 11 is 12.3. The summed E-state index contributed by atoms with van der Waals surface area (Å²) in [4.78, 5) is 9.14. The van der Waals surface area contributed by atoms with Gasteiger partial charge in [0.15, 0.2) is 17.1 Å². The third-order valence-corrected chi connectivity index (χ3v) is 4.63. The molecule has 0 atom stereocenters. The molecule has 0 unspecified atom stereocenters. The van der Waals surface area contributed by atoms with Gasteiger partial charge in [-0.2, -0.15) is 5.10 Å². The van der Waals surface area contributed by atoms with Crippen LogP contribution >= 0.6 is 23.2 Å². The molecule has 6 nitrogen and oxygen atoms in total. The molecule has 3 heterocycles. The number of hydrogen-bond acceptors (Lipinski definition) is 4. The summed E-state index contributed by atoms with van der Waals surface area (Å²) in [5, 5.41) is 10.8. The number of rotatable bonds is 2. The summed E-state index contributed by atoms with van der Waals surface area (Å²) in [6.45, 7) is 0. The normalized spacial score (nSPS) is 11.5. The van der Waals surface area contributed by atoms with Crippen LogP contribution in [0.2, 0.25) is 10.0 Å². The molecule has 5 aromatic rings. The summed E-state index contributed by atoms with van der Waals surface area (Å²) in [6.07, 6.45) is 3.37. The van der Waals surface area contributed by atoms with Gasteiger partial charge in [-0.3, -0.25) is 0 Å². The van der Waals surface area contributed by atoms with Crippen molar-refractivity contribution in [3.8, 4) is 17.1 Å². The Labute approximate surface area is 157 Å². The Morgan fingerprint density at radius 3 is 2.58 bits per heavy atom. The highest BCUT2D eigenvalue weighted by Crippen LogP contribution is 2.29. The molecule has 0 bridgehead atoms. The van der Waals surface area contributed by atoms with Crippen LogP contribution in [-0.4, -0.2) is 29.4 Å². The van der Waals surface area contributed by atoms with E-state index in [1.807, 2.05) is 30.3 Å². The zero-order valence-electron chi connectivity index (χ0n) is 13.2. The number of benzene rings is 2.